The highest BCUT2D eigenvalue weighted by molar-refractivity contribution is 7.62. The van der Waals surface area contributed by atoms with Crippen LogP contribution in [0.3, 0.4) is 0 Å². The lowest BCUT2D eigenvalue weighted by Gasteiger charge is -2.18. The molecule has 4 heteroatoms. The molecule has 3 nitrogen and oxygen atoms in total. The fourth-order valence-corrected chi connectivity index (χ4v) is 1.80. The van der Waals surface area contributed by atoms with Crippen LogP contribution in [0, 0.1) is 0 Å². The van der Waals surface area contributed by atoms with Crippen LogP contribution < -0.4 is 5.09 Å². The van der Waals surface area contributed by atoms with Crippen molar-refractivity contribution in [3.63, 3.8) is 0 Å². The minimum atomic E-state index is -2.09. The van der Waals surface area contributed by atoms with Crippen molar-refractivity contribution in [1.82, 2.24) is 5.09 Å². The number of rotatable bonds is 0. The van der Waals surface area contributed by atoms with E-state index in [0.717, 1.165) is 13.0 Å². The van der Waals surface area contributed by atoms with Crippen LogP contribution in [-0.4, -0.2) is 24.7 Å². The Balaban J connectivity index is 2.33. The maximum Gasteiger partial charge on any atom is 0.339 e. The lowest BCUT2D eigenvalue weighted by molar-refractivity contribution is 0.258. The third kappa shape index (κ3) is 1.67. The predicted molar refractivity (Wildman–Crippen MR) is 33.6 cm³/mol. The van der Waals surface area contributed by atoms with Crippen molar-refractivity contribution in [2.75, 3.05) is 19.8 Å². The SMILES string of the molecule is C[P+]1(O)NCCCO1. The molecule has 1 unspecified atom stereocenters. The Labute approximate surface area is 49.6 Å². The molecule has 0 aromatic rings. The highest BCUT2D eigenvalue weighted by Crippen LogP contribution is 2.48. The van der Waals surface area contributed by atoms with Gasteiger partial charge in [-0.1, -0.05) is 0 Å². The predicted octanol–water partition coefficient (Wildman–Crippen LogP) is 0.381. The molecule has 1 atom stereocenters. The molecule has 0 aliphatic carbocycles. The standard InChI is InChI=1S/C4H11NO2P/c1-8(6)5-3-2-4-7-8/h5-6H,2-4H2,1H3/q+1. The summed E-state index contributed by atoms with van der Waals surface area (Å²) in [5, 5.41) is 2.90. The van der Waals surface area contributed by atoms with Crippen LogP contribution in [0.25, 0.3) is 0 Å². The summed E-state index contributed by atoms with van der Waals surface area (Å²) in [4.78, 5) is 9.15. The first-order valence-electron chi connectivity index (χ1n) is 2.70. The molecule has 1 saturated heterocycles. The van der Waals surface area contributed by atoms with Gasteiger partial charge in [0.15, 0.2) is 0 Å². The molecule has 1 heterocycles. The van der Waals surface area contributed by atoms with Gasteiger partial charge in [-0.2, -0.15) is 4.52 Å². The van der Waals surface area contributed by atoms with Gasteiger partial charge in [-0.15, -0.1) is 5.09 Å². The van der Waals surface area contributed by atoms with Crippen molar-refractivity contribution >= 4 is 7.87 Å². The Morgan fingerprint density at radius 3 is 2.75 bits per heavy atom. The van der Waals surface area contributed by atoms with Gasteiger partial charge in [-0.3, -0.25) is 0 Å². The Bertz CT molecular complexity index is 78.1. The minimum absolute atomic E-state index is 0.702. The van der Waals surface area contributed by atoms with E-state index < -0.39 is 7.87 Å². The smallest absolute Gasteiger partial charge is 0.202 e. The Hall–Kier alpha value is 0.310. The lowest BCUT2D eigenvalue weighted by Crippen LogP contribution is -2.24. The second-order valence-corrected chi connectivity index (χ2v) is 4.31. The molecule has 0 aromatic carbocycles. The number of hydrogen-bond donors (Lipinski definition) is 2. The Morgan fingerprint density at radius 2 is 2.50 bits per heavy atom. The average Bonchev–Trinajstić information content (AvgIpc) is 1.65. The molecule has 8 heavy (non-hydrogen) atoms. The van der Waals surface area contributed by atoms with Crippen molar-refractivity contribution in [2.45, 2.75) is 6.42 Å². The van der Waals surface area contributed by atoms with E-state index in [1.165, 1.54) is 0 Å². The second-order valence-electron chi connectivity index (χ2n) is 1.97. The van der Waals surface area contributed by atoms with Crippen molar-refractivity contribution in [1.29, 1.82) is 0 Å². The van der Waals surface area contributed by atoms with Crippen LogP contribution in [0.4, 0.5) is 0 Å². The van der Waals surface area contributed by atoms with Gasteiger partial charge in [-0.25, -0.2) is 4.89 Å². The first-order valence-corrected chi connectivity index (χ1v) is 4.80. The molecular weight excluding hydrogens is 125 g/mol. The van der Waals surface area contributed by atoms with E-state index >= 15 is 0 Å². The van der Waals surface area contributed by atoms with E-state index in [2.05, 4.69) is 5.09 Å². The maximum absolute atomic E-state index is 9.15. The topological polar surface area (TPSA) is 41.5 Å². The van der Waals surface area contributed by atoms with E-state index in [1.54, 1.807) is 6.66 Å². The summed E-state index contributed by atoms with van der Waals surface area (Å²) in [5.74, 6) is 0. The van der Waals surface area contributed by atoms with Gasteiger partial charge in [0.2, 0.25) is 0 Å². The highest BCUT2D eigenvalue weighted by atomic mass is 31.2. The van der Waals surface area contributed by atoms with Gasteiger partial charge in [0.1, 0.15) is 6.66 Å². The molecule has 48 valence electrons. The van der Waals surface area contributed by atoms with E-state index in [4.69, 9.17) is 9.42 Å². The summed E-state index contributed by atoms with van der Waals surface area (Å²) in [6.07, 6.45) is 1.01. The van der Waals surface area contributed by atoms with Crippen LogP contribution >= 0.6 is 7.87 Å². The summed E-state index contributed by atoms with van der Waals surface area (Å²) >= 11 is 0. The van der Waals surface area contributed by atoms with Crippen molar-refractivity contribution in [3.05, 3.63) is 0 Å². The van der Waals surface area contributed by atoms with E-state index in [0.29, 0.717) is 6.61 Å². The van der Waals surface area contributed by atoms with Crippen molar-refractivity contribution < 1.29 is 9.42 Å². The first kappa shape index (κ1) is 6.43. The molecule has 1 fully saturated rings. The highest BCUT2D eigenvalue weighted by Gasteiger charge is 2.32. The summed E-state index contributed by atoms with van der Waals surface area (Å²) < 4.78 is 5.02. The van der Waals surface area contributed by atoms with Crippen molar-refractivity contribution in [2.24, 2.45) is 0 Å². The van der Waals surface area contributed by atoms with Gasteiger partial charge in [0.25, 0.3) is 0 Å². The summed E-state index contributed by atoms with van der Waals surface area (Å²) in [6, 6.07) is 0. The van der Waals surface area contributed by atoms with Gasteiger partial charge in [-0.05, 0) is 6.42 Å². The summed E-state index contributed by atoms with van der Waals surface area (Å²) in [6.45, 7) is 3.31. The molecular formula is C4H11NO2P+. The zero-order chi connectivity index (χ0) is 6.04. The van der Waals surface area contributed by atoms with E-state index in [-0.39, 0.29) is 0 Å². The molecule has 0 saturated carbocycles. The van der Waals surface area contributed by atoms with Crippen LogP contribution in [0.2, 0.25) is 0 Å². The Morgan fingerprint density at radius 1 is 1.75 bits per heavy atom. The minimum Gasteiger partial charge on any atom is -0.202 e. The zero-order valence-corrected chi connectivity index (χ0v) is 5.82. The third-order valence-electron chi connectivity index (χ3n) is 1.07. The fourth-order valence-electron chi connectivity index (χ4n) is 0.647. The molecule has 0 radical (unpaired) electrons. The number of nitrogens with one attached hydrogen (secondary N) is 1. The second kappa shape index (κ2) is 2.28. The van der Waals surface area contributed by atoms with E-state index in [9.17, 15) is 0 Å². The largest absolute Gasteiger partial charge is 0.339 e. The van der Waals surface area contributed by atoms with Crippen LogP contribution in [0.1, 0.15) is 6.42 Å². The fraction of sp³-hybridized carbons (Fsp3) is 1.00. The first-order chi connectivity index (χ1) is 3.71. The van der Waals surface area contributed by atoms with E-state index in [1.807, 2.05) is 0 Å². The quantitative estimate of drug-likeness (QED) is 0.473. The molecule has 1 rings (SSSR count). The van der Waals surface area contributed by atoms with Gasteiger partial charge >= 0.3 is 7.87 Å². The normalized spacial score (nSPS) is 39.8. The monoisotopic (exact) mass is 136 g/mol. The average molecular weight is 136 g/mol. The summed E-state index contributed by atoms with van der Waals surface area (Å²) in [5.41, 5.74) is 0. The molecule has 1 aliphatic rings. The maximum atomic E-state index is 9.15. The van der Waals surface area contributed by atoms with Crippen molar-refractivity contribution in [3.8, 4) is 0 Å². The molecule has 0 spiro atoms. The number of hydrogen-bond acceptors (Lipinski definition) is 3. The molecule has 0 bridgehead atoms. The molecule has 1 aliphatic heterocycles. The van der Waals surface area contributed by atoms with Gasteiger partial charge in [0, 0.05) is 6.54 Å². The van der Waals surface area contributed by atoms with Crippen LogP contribution in [0.5, 0.6) is 0 Å². The third-order valence-corrected chi connectivity index (χ3v) is 2.56. The van der Waals surface area contributed by atoms with Crippen LogP contribution in [-0.2, 0) is 4.52 Å². The van der Waals surface area contributed by atoms with Gasteiger partial charge in [0.05, 0.1) is 6.61 Å². The Kier molecular flexibility index (Phi) is 1.83. The molecule has 2 N–H and O–H groups in total. The zero-order valence-electron chi connectivity index (χ0n) is 4.92. The summed E-state index contributed by atoms with van der Waals surface area (Å²) in [7, 11) is -2.09. The van der Waals surface area contributed by atoms with Crippen LogP contribution in [0.15, 0.2) is 0 Å². The molecule has 0 amide bonds. The van der Waals surface area contributed by atoms with Gasteiger partial charge < -0.3 is 0 Å². The lowest BCUT2D eigenvalue weighted by atomic mass is 10.5. The molecule has 0 aromatic heterocycles.